The van der Waals surface area contributed by atoms with Crippen LogP contribution in [0.2, 0.25) is 0 Å². The van der Waals surface area contributed by atoms with Crippen LogP contribution in [0.1, 0.15) is 24.8 Å². The van der Waals surface area contributed by atoms with Gasteiger partial charge in [-0.25, -0.2) is 0 Å². The molecule has 1 unspecified atom stereocenters. The van der Waals surface area contributed by atoms with Gasteiger partial charge in [0.15, 0.2) is 11.5 Å². The number of ether oxygens (including phenoxy) is 3. The number of hydrogen-bond acceptors (Lipinski definition) is 4. The molecule has 0 spiro atoms. The Kier molecular flexibility index (Phi) is 4.31. The molecule has 1 aromatic rings. The highest BCUT2D eigenvalue weighted by molar-refractivity contribution is 5.54. The number of hydrogen-bond donors (Lipinski definition) is 1. The largest absolute Gasteiger partial charge is 0.496 e. The van der Waals surface area contributed by atoms with Gasteiger partial charge in [-0.1, -0.05) is 0 Å². The topological polar surface area (TPSA) is 39.7 Å². The minimum atomic E-state index is 0.649. The van der Waals surface area contributed by atoms with Crippen LogP contribution >= 0.6 is 0 Å². The molecule has 3 rings (SSSR count). The van der Waals surface area contributed by atoms with Gasteiger partial charge in [-0.15, -0.1) is 0 Å². The van der Waals surface area contributed by atoms with Gasteiger partial charge in [-0.3, -0.25) is 0 Å². The summed E-state index contributed by atoms with van der Waals surface area (Å²) in [5.41, 5.74) is 1.17. The molecular weight excluding hydrogens is 254 g/mol. The SMILES string of the molecule is COc1ccc2c(c1CC1CCCNC1)OCCCO2. The van der Waals surface area contributed by atoms with E-state index in [1.807, 2.05) is 12.1 Å². The lowest BCUT2D eigenvalue weighted by molar-refractivity contribution is 0.293. The van der Waals surface area contributed by atoms with Gasteiger partial charge in [0.2, 0.25) is 0 Å². The predicted octanol–water partition coefficient (Wildman–Crippen LogP) is 2.40. The molecule has 2 aliphatic rings. The summed E-state index contributed by atoms with van der Waals surface area (Å²) >= 11 is 0. The Bertz CT molecular complexity index is 455. The van der Waals surface area contributed by atoms with Crippen LogP contribution in [-0.4, -0.2) is 33.4 Å². The third kappa shape index (κ3) is 2.85. The Labute approximate surface area is 120 Å². The van der Waals surface area contributed by atoms with Gasteiger partial charge in [-0.2, -0.15) is 0 Å². The lowest BCUT2D eigenvalue weighted by Gasteiger charge is -2.25. The molecule has 1 saturated heterocycles. The standard InChI is InChI=1S/C16H23NO3/c1-18-14-5-6-15-16(20-9-3-8-19-15)13(14)10-12-4-2-7-17-11-12/h5-6,12,17H,2-4,7-11H2,1H3. The van der Waals surface area contributed by atoms with Crippen molar-refractivity contribution in [3.8, 4) is 17.2 Å². The van der Waals surface area contributed by atoms with Crippen molar-refractivity contribution in [2.45, 2.75) is 25.7 Å². The molecule has 20 heavy (non-hydrogen) atoms. The zero-order chi connectivity index (χ0) is 13.8. The van der Waals surface area contributed by atoms with Crippen molar-refractivity contribution in [3.63, 3.8) is 0 Å². The second kappa shape index (κ2) is 6.35. The molecule has 0 aromatic heterocycles. The van der Waals surface area contributed by atoms with Gasteiger partial charge >= 0.3 is 0 Å². The second-order valence-electron chi connectivity index (χ2n) is 5.54. The van der Waals surface area contributed by atoms with E-state index in [1.54, 1.807) is 7.11 Å². The van der Waals surface area contributed by atoms with Crippen molar-refractivity contribution >= 4 is 0 Å². The maximum Gasteiger partial charge on any atom is 0.168 e. The normalized spacial score (nSPS) is 22.1. The van der Waals surface area contributed by atoms with E-state index in [4.69, 9.17) is 14.2 Å². The fourth-order valence-corrected chi connectivity index (χ4v) is 3.05. The van der Waals surface area contributed by atoms with Gasteiger partial charge in [0, 0.05) is 12.0 Å². The number of fused-ring (bicyclic) bond motifs is 1. The minimum Gasteiger partial charge on any atom is -0.496 e. The molecule has 4 heteroatoms. The predicted molar refractivity (Wildman–Crippen MR) is 77.9 cm³/mol. The molecule has 2 aliphatic heterocycles. The van der Waals surface area contributed by atoms with E-state index in [9.17, 15) is 0 Å². The number of nitrogens with one attached hydrogen (secondary N) is 1. The van der Waals surface area contributed by atoms with Crippen LogP contribution in [0.15, 0.2) is 12.1 Å². The van der Waals surface area contributed by atoms with Gasteiger partial charge in [0.25, 0.3) is 0 Å². The van der Waals surface area contributed by atoms with Crippen molar-refractivity contribution in [2.24, 2.45) is 5.92 Å². The van der Waals surface area contributed by atoms with Gasteiger partial charge in [-0.05, 0) is 50.4 Å². The van der Waals surface area contributed by atoms with Crippen LogP contribution in [-0.2, 0) is 6.42 Å². The molecule has 110 valence electrons. The summed E-state index contributed by atoms with van der Waals surface area (Å²) in [6.07, 6.45) is 4.43. The molecule has 4 nitrogen and oxygen atoms in total. The van der Waals surface area contributed by atoms with Crippen molar-refractivity contribution in [2.75, 3.05) is 33.4 Å². The summed E-state index contributed by atoms with van der Waals surface area (Å²) in [6, 6.07) is 3.96. The lowest BCUT2D eigenvalue weighted by Crippen LogP contribution is -2.31. The molecule has 0 aliphatic carbocycles. The van der Waals surface area contributed by atoms with Crippen LogP contribution in [0.4, 0.5) is 0 Å². The van der Waals surface area contributed by atoms with E-state index < -0.39 is 0 Å². The summed E-state index contributed by atoms with van der Waals surface area (Å²) in [7, 11) is 1.72. The molecule has 1 N–H and O–H groups in total. The highest BCUT2D eigenvalue weighted by atomic mass is 16.5. The lowest BCUT2D eigenvalue weighted by atomic mass is 9.91. The van der Waals surface area contributed by atoms with Crippen LogP contribution in [0.3, 0.4) is 0 Å². The summed E-state index contributed by atoms with van der Waals surface area (Å²) in [5, 5.41) is 3.47. The first kappa shape index (κ1) is 13.6. The monoisotopic (exact) mass is 277 g/mol. The fourth-order valence-electron chi connectivity index (χ4n) is 3.05. The highest BCUT2D eigenvalue weighted by Gasteiger charge is 2.23. The van der Waals surface area contributed by atoms with Gasteiger partial charge in [0.05, 0.1) is 20.3 Å². The quantitative estimate of drug-likeness (QED) is 0.921. The number of rotatable bonds is 3. The Morgan fingerprint density at radius 3 is 2.95 bits per heavy atom. The van der Waals surface area contributed by atoms with E-state index in [2.05, 4.69) is 5.32 Å². The molecule has 0 bridgehead atoms. The van der Waals surface area contributed by atoms with Crippen molar-refractivity contribution in [1.82, 2.24) is 5.32 Å². The number of piperidine rings is 1. The Hall–Kier alpha value is -1.42. The molecule has 0 amide bonds. The number of benzene rings is 1. The first-order valence-electron chi connectivity index (χ1n) is 7.54. The average molecular weight is 277 g/mol. The summed E-state index contributed by atoms with van der Waals surface area (Å²) in [6.45, 7) is 3.66. The maximum absolute atomic E-state index is 5.94. The summed E-state index contributed by atoms with van der Waals surface area (Å²) in [4.78, 5) is 0. The smallest absolute Gasteiger partial charge is 0.168 e. The summed E-state index contributed by atoms with van der Waals surface area (Å²) in [5.74, 6) is 3.32. The van der Waals surface area contributed by atoms with E-state index in [0.29, 0.717) is 5.92 Å². The van der Waals surface area contributed by atoms with E-state index >= 15 is 0 Å². The number of methoxy groups -OCH3 is 1. The van der Waals surface area contributed by atoms with Crippen LogP contribution in [0.5, 0.6) is 17.2 Å². The van der Waals surface area contributed by atoms with E-state index in [0.717, 1.165) is 56.4 Å². The molecule has 0 saturated carbocycles. The first-order valence-corrected chi connectivity index (χ1v) is 7.54. The van der Waals surface area contributed by atoms with Crippen LogP contribution in [0.25, 0.3) is 0 Å². The Balaban J connectivity index is 1.89. The third-order valence-electron chi connectivity index (χ3n) is 4.09. The zero-order valence-corrected chi connectivity index (χ0v) is 12.1. The van der Waals surface area contributed by atoms with Crippen molar-refractivity contribution in [3.05, 3.63) is 17.7 Å². The Morgan fingerprint density at radius 2 is 2.15 bits per heavy atom. The average Bonchev–Trinajstić information content (AvgIpc) is 2.74. The minimum absolute atomic E-state index is 0.649. The molecule has 1 aromatic carbocycles. The van der Waals surface area contributed by atoms with Crippen LogP contribution in [0, 0.1) is 5.92 Å². The van der Waals surface area contributed by atoms with Gasteiger partial charge in [0.1, 0.15) is 5.75 Å². The second-order valence-corrected chi connectivity index (χ2v) is 5.54. The van der Waals surface area contributed by atoms with E-state index in [-0.39, 0.29) is 0 Å². The van der Waals surface area contributed by atoms with Crippen molar-refractivity contribution in [1.29, 1.82) is 0 Å². The summed E-state index contributed by atoms with van der Waals surface area (Å²) < 4.78 is 17.3. The first-order chi connectivity index (χ1) is 9.88. The molecule has 2 heterocycles. The van der Waals surface area contributed by atoms with Crippen molar-refractivity contribution < 1.29 is 14.2 Å². The highest BCUT2D eigenvalue weighted by Crippen LogP contribution is 2.40. The molecule has 1 atom stereocenters. The fraction of sp³-hybridized carbons (Fsp3) is 0.625. The van der Waals surface area contributed by atoms with E-state index in [1.165, 1.54) is 18.4 Å². The van der Waals surface area contributed by atoms with Gasteiger partial charge < -0.3 is 19.5 Å². The third-order valence-corrected chi connectivity index (χ3v) is 4.09. The molecule has 0 radical (unpaired) electrons. The molecular formula is C16H23NO3. The zero-order valence-electron chi connectivity index (χ0n) is 12.1. The maximum atomic E-state index is 5.94. The molecule has 1 fully saturated rings. The van der Waals surface area contributed by atoms with Crippen LogP contribution < -0.4 is 19.5 Å². The Morgan fingerprint density at radius 1 is 1.25 bits per heavy atom.